The van der Waals surface area contributed by atoms with Crippen molar-refractivity contribution in [2.24, 2.45) is 0 Å². The van der Waals surface area contributed by atoms with E-state index in [9.17, 15) is 4.79 Å². The van der Waals surface area contributed by atoms with Crippen molar-refractivity contribution in [3.63, 3.8) is 0 Å². The molecular formula is C25H29NO5. The first-order chi connectivity index (χ1) is 15.0. The normalized spacial score (nSPS) is 17.2. The lowest BCUT2D eigenvalue weighted by atomic mass is 9.98. The molecule has 0 N–H and O–H groups in total. The van der Waals surface area contributed by atoms with Crippen LogP contribution in [0.1, 0.15) is 36.1 Å². The minimum atomic E-state index is -0.0299. The Morgan fingerprint density at radius 1 is 1.10 bits per heavy atom. The minimum Gasteiger partial charge on any atom is -0.493 e. The van der Waals surface area contributed by atoms with E-state index in [0.29, 0.717) is 25.4 Å². The summed E-state index contributed by atoms with van der Waals surface area (Å²) in [5.41, 5.74) is 4.28. The highest BCUT2D eigenvalue weighted by molar-refractivity contribution is 5.92. The average Bonchev–Trinajstić information content (AvgIpc) is 3.14. The van der Waals surface area contributed by atoms with Crippen LogP contribution in [-0.2, 0) is 24.2 Å². The SMILES string of the molecule is CCOc1cc2c(cc1C=CC(=O)N1CCc3cc(OC)c(OC)cc3C1)O[C@@H](C)C2. The first kappa shape index (κ1) is 21.1. The highest BCUT2D eigenvalue weighted by Gasteiger charge is 2.23. The van der Waals surface area contributed by atoms with Crippen LogP contribution in [0.3, 0.4) is 0 Å². The second-order valence-electron chi connectivity index (χ2n) is 7.88. The number of rotatable bonds is 6. The third kappa shape index (κ3) is 4.33. The number of fused-ring (bicyclic) bond motifs is 2. The molecule has 0 aliphatic carbocycles. The van der Waals surface area contributed by atoms with Gasteiger partial charge >= 0.3 is 0 Å². The van der Waals surface area contributed by atoms with Crippen LogP contribution in [0.2, 0.25) is 0 Å². The van der Waals surface area contributed by atoms with Gasteiger partial charge in [0.25, 0.3) is 0 Å². The molecule has 6 nitrogen and oxygen atoms in total. The van der Waals surface area contributed by atoms with E-state index in [1.165, 1.54) is 5.56 Å². The molecule has 0 bridgehead atoms. The number of nitrogens with zero attached hydrogens (tertiary/aromatic N) is 1. The molecular weight excluding hydrogens is 394 g/mol. The fourth-order valence-electron chi connectivity index (χ4n) is 4.20. The van der Waals surface area contributed by atoms with Gasteiger partial charge in [-0.05, 0) is 61.7 Å². The van der Waals surface area contributed by atoms with Crippen molar-refractivity contribution in [3.05, 3.63) is 52.6 Å². The van der Waals surface area contributed by atoms with Crippen molar-refractivity contribution in [3.8, 4) is 23.0 Å². The van der Waals surface area contributed by atoms with Gasteiger partial charge in [0.15, 0.2) is 11.5 Å². The number of ether oxygens (including phenoxy) is 4. The molecule has 0 radical (unpaired) electrons. The van der Waals surface area contributed by atoms with Crippen molar-refractivity contribution >= 4 is 12.0 Å². The molecule has 2 heterocycles. The van der Waals surface area contributed by atoms with Gasteiger partial charge in [0.2, 0.25) is 5.91 Å². The molecule has 4 rings (SSSR count). The molecule has 2 aromatic rings. The first-order valence-corrected chi connectivity index (χ1v) is 10.7. The van der Waals surface area contributed by atoms with Crippen molar-refractivity contribution in [1.29, 1.82) is 0 Å². The Labute approximate surface area is 183 Å². The summed E-state index contributed by atoms with van der Waals surface area (Å²) < 4.78 is 22.5. The summed E-state index contributed by atoms with van der Waals surface area (Å²) in [7, 11) is 3.25. The Morgan fingerprint density at radius 2 is 1.81 bits per heavy atom. The molecule has 0 saturated carbocycles. The van der Waals surface area contributed by atoms with Crippen molar-refractivity contribution < 1.29 is 23.7 Å². The third-order valence-electron chi connectivity index (χ3n) is 5.76. The first-order valence-electron chi connectivity index (χ1n) is 10.7. The molecule has 0 unspecified atom stereocenters. The largest absolute Gasteiger partial charge is 0.493 e. The fourth-order valence-corrected chi connectivity index (χ4v) is 4.20. The number of amides is 1. The number of hydrogen-bond acceptors (Lipinski definition) is 5. The van der Waals surface area contributed by atoms with Gasteiger partial charge in [0.1, 0.15) is 17.6 Å². The lowest BCUT2D eigenvalue weighted by molar-refractivity contribution is -0.126. The minimum absolute atomic E-state index is 0.0299. The molecule has 6 heteroatoms. The molecule has 0 aromatic heterocycles. The highest BCUT2D eigenvalue weighted by Crippen LogP contribution is 2.36. The summed E-state index contributed by atoms with van der Waals surface area (Å²) in [5.74, 6) is 3.02. The van der Waals surface area contributed by atoms with Gasteiger partial charge in [-0.3, -0.25) is 4.79 Å². The Bertz CT molecular complexity index is 1010. The van der Waals surface area contributed by atoms with Gasteiger partial charge in [-0.15, -0.1) is 0 Å². The monoisotopic (exact) mass is 423 g/mol. The maximum atomic E-state index is 12.9. The Hall–Kier alpha value is -3.15. The standard InChI is InChI=1S/C25H29NO5/c1-5-30-21-13-19-10-16(2)31-22(19)12-18(21)6-7-25(27)26-9-8-17-11-23(28-3)24(29-4)14-20(17)15-26/h6-7,11-14,16H,5,8-10,15H2,1-4H3/t16-/m0/s1. The zero-order valence-electron chi connectivity index (χ0n) is 18.6. The van der Waals surface area contributed by atoms with Crippen LogP contribution in [0.5, 0.6) is 23.0 Å². The van der Waals surface area contributed by atoms with E-state index in [1.807, 2.05) is 42.2 Å². The Kier molecular flexibility index (Phi) is 6.07. The van der Waals surface area contributed by atoms with Crippen LogP contribution in [0, 0.1) is 0 Å². The van der Waals surface area contributed by atoms with Gasteiger partial charge in [0.05, 0.1) is 20.8 Å². The molecule has 2 aliphatic rings. The predicted molar refractivity (Wildman–Crippen MR) is 119 cm³/mol. The summed E-state index contributed by atoms with van der Waals surface area (Å²) in [6, 6.07) is 7.97. The van der Waals surface area contributed by atoms with Gasteiger partial charge in [-0.25, -0.2) is 0 Å². The van der Waals surface area contributed by atoms with Crippen LogP contribution in [0.25, 0.3) is 6.08 Å². The molecule has 31 heavy (non-hydrogen) atoms. The Morgan fingerprint density at radius 3 is 2.52 bits per heavy atom. The van der Waals surface area contributed by atoms with E-state index < -0.39 is 0 Å². The van der Waals surface area contributed by atoms with Gasteiger partial charge < -0.3 is 23.8 Å². The van der Waals surface area contributed by atoms with Crippen molar-refractivity contribution in [1.82, 2.24) is 4.90 Å². The predicted octanol–water partition coefficient (Wildman–Crippen LogP) is 4.02. The zero-order chi connectivity index (χ0) is 22.0. The van der Waals surface area contributed by atoms with E-state index >= 15 is 0 Å². The number of carbonyl (C=O) groups is 1. The molecule has 164 valence electrons. The van der Waals surface area contributed by atoms with Crippen LogP contribution < -0.4 is 18.9 Å². The number of carbonyl (C=O) groups excluding carboxylic acids is 1. The quantitative estimate of drug-likeness (QED) is 0.657. The molecule has 1 amide bonds. The zero-order valence-corrected chi connectivity index (χ0v) is 18.6. The lowest BCUT2D eigenvalue weighted by Gasteiger charge is -2.28. The molecule has 0 saturated heterocycles. The summed E-state index contributed by atoms with van der Waals surface area (Å²) in [4.78, 5) is 14.8. The topological polar surface area (TPSA) is 57.2 Å². The van der Waals surface area contributed by atoms with Gasteiger partial charge in [-0.1, -0.05) is 0 Å². The molecule has 1 atom stereocenters. The van der Waals surface area contributed by atoms with Gasteiger partial charge in [0, 0.05) is 36.7 Å². The van der Waals surface area contributed by atoms with Crippen LogP contribution in [-0.4, -0.2) is 44.3 Å². The summed E-state index contributed by atoms with van der Waals surface area (Å²) in [6.07, 6.45) is 5.26. The van der Waals surface area contributed by atoms with Crippen molar-refractivity contribution in [2.75, 3.05) is 27.4 Å². The van der Waals surface area contributed by atoms with E-state index in [1.54, 1.807) is 20.3 Å². The van der Waals surface area contributed by atoms with Crippen LogP contribution >= 0.6 is 0 Å². The average molecular weight is 424 g/mol. The molecule has 2 aliphatic heterocycles. The molecule has 0 fully saturated rings. The molecule has 0 spiro atoms. The highest BCUT2D eigenvalue weighted by atomic mass is 16.5. The second kappa shape index (κ2) is 8.92. The number of hydrogen-bond donors (Lipinski definition) is 0. The maximum absolute atomic E-state index is 12.9. The van der Waals surface area contributed by atoms with Crippen molar-refractivity contribution in [2.45, 2.75) is 39.3 Å². The van der Waals surface area contributed by atoms with E-state index in [2.05, 4.69) is 6.92 Å². The lowest BCUT2D eigenvalue weighted by Crippen LogP contribution is -2.34. The number of methoxy groups -OCH3 is 2. The number of benzene rings is 2. The summed E-state index contributed by atoms with van der Waals surface area (Å²) in [5, 5.41) is 0. The maximum Gasteiger partial charge on any atom is 0.246 e. The second-order valence-corrected chi connectivity index (χ2v) is 7.88. The van der Waals surface area contributed by atoms with E-state index in [-0.39, 0.29) is 12.0 Å². The fraction of sp³-hybridized carbons (Fsp3) is 0.400. The third-order valence-corrected chi connectivity index (χ3v) is 5.76. The summed E-state index contributed by atoms with van der Waals surface area (Å²) >= 11 is 0. The molecule has 2 aromatic carbocycles. The van der Waals surface area contributed by atoms with Crippen LogP contribution in [0.15, 0.2) is 30.3 Å². The Balaban J connectivity index is 1.52. The summed E-state index contributed by atoms with van der Waals surface area (Å²) in [6.45, 7) is 5.78. The van der Waals surface area contributed by atoms with Gasteiger partial charge in [-0.2, -0.15) is 0 Å². The van der Waals surface area contributed by atoms with E-state index in [4.69, 9.17) is 18.9 Å². The smallest absolute Gasteiger partial charge is 0.246 e. The van der Waals surface area contributed by atoms with E-state index in [0.717, 1.165) is 46.8 Å². The van der Waals surface area contributed by atoms with Crippen LogP contribution in [0.4, 0.5) is 0 Å².